The predicted molar refractivity (Wildman–Crippen MR) is 69.9 cm³/mol. The summed E-state index contributed by atoms with van der Waals surface area (Å²) in [5.74, 6) is 0.0706. The minimum atomic E-state index is -0.499. The van der Waals surface area contributed by atoms with Crippen LogP contribution >= 0.6 is 0 Å². The molecule has 0 rings (SSSR count). The maximum absolute atomic E-state index is 11.5. The molecule has 0 unspecified atom stereocenters. The highest BCUT2D eigenvalue weighted by molar-refractivity contribution is 5.82. The summed E-state index contributed by atoms with van der Waals surface area (Å²) in [6.07, 6.45) is 0.899. The number of hydrogen-bond acceptors (Lipinski definition) is 4. The zero-order valence-electron chi connectivity index (χ0n) is 11.5. The zero-order chi connectivity index (χ0) is 14.0. The van der Waals surface area contributed by atoms with Gasteiger partial charge in [0.05, 0.1) is 12.6 Å². The maximum Gasteiger partial charge on any atom is 0.236 e. The van der Waals surface area contributed by atoms with E-state index in [1.165, 1.54) is 0 Å². The second-order valence-corrected chi connectivity index (χ2v) is 4.62. The first kappa shape index (κ1) is 16.9. The summed E-state index contributed by atoms with van der Waals surface area (Å²) in [6.45, 7) is 5.30. The number of methoxy groups -OCH3 is 1. The van der Waals surface area contributed by atoms with Crippen molar-refractivity contribution in [2.75, 3.05) is 26.8 Å². The Morgan fingerprint density at radius 1 is 1.22 bits per heavy atom. The lowest BCUT2D eigenvalue weighted by molar-refractivity contribution is -0.123. The second kappa shape index (κ2) is 9.85. The lowest BCUT2D eigenvalue weighted by atomic mass is 10.0. The minimum absolute atomic E-state index is 0.107. The SMILES string of the molecule is COCCNC(=O)CCNC(=O)[C@H](N)CC(C)C. The number of hydrogen-bond donors (Lipinski definition) is 3. The standard InChI is InChI=1S/C12H25N3O3/c1-9(2)8-10(13)12(17)15-5-4-11(16)14-6-7-18-3/h9-10H,4-8,13H2,1-3H3,(H,14,16)(H,15,17)/t10-/m1/s1. The highest BCUT2D eigenvalue weighted by Gasteiger charge is 2.14. The van der Waals surface area contributed by atoms with Gasteiger partial charge < -0.3 is 21.1 Å². The third-order valence-electron chi connectivity index (χ3n) is 2.34. The lowest BCUT2D eigenvalue weighted by Gasteiger charge is -2.14. The Labute approximate surface area is 109 Å². The van der Waals surface area contributed by atoms with E-state index in [1.807, 2.05) is 13.8 Å². The number of carbonyl (C=O) groups is 2. The predicted octanol–water partition coefficient (Wildman–Crippen LogP) is -0.371. The van der Waals surface area contributed by atoms with Crippen LogP contribution in [0, 0.1) is 5.92 Å². The molecule has 0 radical (unpaired) electrons. The molecule has 0 aliphatic carbocycles. The fourth-order valence-electron chi connectivity index (χ4n) is 1.43. The maximum atomic E-state index is 11.5. The van der Waals surface area contributed by atoms with Crippen molar-refractivity contribution in [1.29, 1.82) is 0 Å². The van der Waals surface area contributed by atoms with Crippen molar-refractivity contribution in [3.8, 4) is 0 Å². The van der Waals surface area contributed by atoms with Crippen molar-refractivity contribution in [2.45, 2.75) is 32.7 Å². The number of carbonyl (C=O) groups excluding carboxylic acids is 2. The van der Waals surface area contributed by atoms with E-state index >= 15 is 0 Å². The quantitative estimate of drug-likeness (QED) is 0.492. The molecular formula is C12H25N3O3. The second-order valence-electron chi connectivity index (χ2n) is 4.62. The first-order chi connectivity index (χ1) is 8.47. The Morgan fingerprint density at radius 2 is 1.89 bits per heavy atom. The van der Waals surface area contributed by atoms with Crippen LogP contribution in [-0.4, -0.2) is 44.7 Å². The summed E-state index contributed by atoms with van der Waals surface area (Å²) in [5, 5.41) is 5.33. The molecule has 6 heteroatoms. The van der Waals surface area contributed by atoms with Gasteiger partial charge in [-0.15, -0.1) is 0 Å². The van der Waals surface area contributed by atoms with E-state index in [1.54, 1.807) is 7.11 Å². The lowest BCUT2D eigenvalue weighted by Crippen LogP contribution is -2.42. The molecule has 0 aromatic rings. The summed E-state index contributed by atoms with van der Waals surface area (Å²) in [5.41, 5.74) is 5.70. The molecule has 0 fully saturated rings. The van der Waals surface area contributed by atoms with E-state index in [0.717, 1.165) is 0 Å². The van der Waals surface area contributed by atoms with Crippen molar-refractivity contribution in [3.63, 3.8) is 0 Å². The molecule has 0 aromatic heterocycles. The van der Waals surface area contributed by atoms with Gasteiger partial charge in [0.1, 0.15) is 0 Å². The van der Waals surface area contributed by atoms with Crippen LogP contribution in [0.4, 0.5) is 0 Å². The first-order valence-electron chi connectivity index (χ1n) is 6.26. The van der Waals surface area contributed by atoms with Gasteiger partial charge in [0.25, 0.3) is 0 Å². The molecule has 0 aliphatic rings. The van der Waals surface area contributed by atoms with E-state index in [9.17, 15) is 9.59 Å². The van der Waals surface area contributed by atoms with E-state index in [4.69, 9.17) is 10.5 Å². The smallest absolute Gasteiger partial charge is 0.236 e. The van der Waals surface area contributed by atoms with Crippen LogP contribution in [0.15, 0.2) is 0 Å². The molecule has 2 amide bonds. The number of amides is 2. The van der Waals surface area contributed by atoms with Gasteiger partial charge in [-0.2, -0.15) is 0 Å². The molecule has 0 saturated carbocycles. The Bertz CT molecular complexity index is 257. The van der Waals surface area contributed by atoms with Crippen LogP contribution in [0.1, 0.15) is 26.7 Å². The normalized spacial score (nSPS) is 12.3. The van der Waals surface area contributed by atoms with Crippen LogP contribution < -0.4 is 16.4 Å². The Balaban J connectivity index is 3.64. The van der Waals surface area contributed by atoms with Crippen LogP contribution in [0.5, 0.6) is 0 Å². The van der Waals surface area contributed by atoms with Gasteiger partial charge in [0.15, 0.2) is 0 Å². The largest absolute Gasteiger partial charge is 0.383 e. The van der Waals surface area contributed by atoms with Gasteiger partial charge in [-0.1, -0.05) is 13.8 Å². The topological polar surface area (TPSA) is 93.5 Å². The third kappa shape index (κ3) is 8.95. The molecular weight excluding hydrogens is 234 g/mol. The van der Waals surface area contributed by atoms with Crippen molar-refractivity contribution in [1.82, 2.24) is 10.6 Å². The van der Waals surface area contributed by atoms with Gasteiger partial charge in [0, 0.05) is 26.6 Å². The van der Waals surface area contributed by atoms with Crippen LogP contribution in [-0.2, 0) is 14.3 Å². The van der Waals surface area contributed by atoms with Crippen molar-refractivity contribution in [3.05, 3.63) is 0 Å². The number of nitrogens with one attached hydrogen (secondary N) is 2. The number of rotatable bonds is 9. The third-order valence-corrected chi connectivity index (χ3v) is 2.34. The van der Waals surface area contributed by atoms with Gasteiger partial charge in [0.2, 0.25) is 11.8 Å². The minimum Gasteiger partial charge on any atom is -0.383 e. The zero-order valence-corrected chi connectivity index (χ0v) is 11.5. The monoisotopic (exact) mass is 259 g/mol. The Kier molecular flexibility index (Phi) is 9.22. The molecule has 6 nitrogen and oxygen atoms in total. The van der Waals surface area contributed by atoms with E-state index < -0.39 is 6.04 Å². The molecule has 0 aliphatic heterocycles. The van der Waals surface area contributed by atoms with Gasteiger partial charge in [-0.05, 0) is 12.3 Å². The van der Waals surface area contributed by atoms with Gasteiger partial charge in [-0.3, -0.25) is 9.59 Å². The molecule has 0 spiro atoms. The summed E-state index contributed by atoms with van der Waals surface area (Å²) in [4.78, 5) is 22.8. The number of nitrogens with two attached hydrogens (primary N) is 1. The molecule has 106 valence electrons. The van der Waals surface area contributed by atoms with Gasteiger partial charge in [-0.25, -0.2) is 0 Å². The van der Waals surface area contributed by atoms with Crippen molar-refractivity contribution < 1.29 is 14.3 Å². The van der Waals surface area contributed by atoms with E-state index in [0.29, 0.717) is 32.0 Å². The molecule has 0 aromatic carbocycles. The summed E-state index contributed by atoms with van der Waals surface area (Å²) >= 11 is 0. The fraction of sp³-hybridized carbons (Fsp3) is 0.833. The summed E-state index contributed by atoms with van der Waals surface area (Å²) in [6, 6.07) is -0.499. The Hall–Kier alpha value is -1.14. The molecule has 4 N–H and O–H groups in total. The first-order valence-corrected chi connectivity index (χ1v) is 6.26. The van der Waals surface area contributed by atoms with Gasteiger partial charge >= 0.3 is 0 Å². The molecule has 18 heavy (non-hydrogen) atoms. The van der Waals surface area contributed by atoms with Crippen LogP contribution in [0.2, 0.25) is 0 Å². The highest BCUT2D eigenvalue weighted by atomic mass is 16.5. The molecule has 0 saturated heterocycles. The number of ether oxygens (including phenoxy) is 1. The summed E-state index contributed by atoms with van der Waals surface area (Å²) in [7, 11) is 1.57. The highest BCUT2D eigenvalue weighted by Crippen LogP contribution is 2.02. The van der Waals surface area contributed by atoms with Crippen molar-refractivity contribution in [2.24, 2.45) is 11.7 Å². The molecule has 1 atom stereocenters. The fourth-order valence-corrected chi connectivity index (χ4v) is 1.43. The average Bonchev–Trinajstić information content (AvgIpc) is 2.28. The van der Waals surface area contributed by atoms with E-state index in [2.05, 4.69) is 10.6 Å². The Morgan fingerprint density at radius 3 is 2.44 bits per heavy atom. The average molecular weight is 259 g/mol. The summed E-state index contributed by atoms with van der Waals surface area (Å²) < 4.78 is 4.80. The van der Waals surface area contributed by atoms with Crippen molar-refractivity contribution >= 4 is 11.8 Å². The van der Waals surface area contributed by atoms with Crippen LogP contribution in [0.25, 0.3) is 0 Å². The van der Waals surface area contributed by atoms with Crippen LogP contribution in [0.3, 0.4) is 0 Å². The molecule has 0 heterocycles. The van der Waals surface area contributed by atoms with E-state index in [-0.39, 0.29) is 18.2 Å². The molecule has 0 bridgehead atoms.